The van der Waals surface area contributed by atoms with Crippen LogP contribution in [-0.2, 0) is 13.2 Å². The molecule has 0 unspecified atom stereocenters. The molecule has 0 atom stereocenters. The SMILES string of the molecule is CSc1ccc(OCc2cccc(CN)c2)cc1. The Morgan fingerprint density at radius 1 is 1.06 bits per heavy atom. The summed E-state index contributed by atoms with van der Waals surface area (Å²) in [6, 6.07) is 16.3. The zero-order valence-electron chi connectivity index (χ0n) is 10.4. The van der Waals surface area contributed by atoms with E-state index in [9.17, 15) is 0 Å². The summed E-state index contributed by atoms with van der Waals surface area (Å²) < 4.78 is 5.74. The molecule has 0 aromatic heterocycles. The van der Waals surface area contributed by atoms with Gasteiger partial charge < -0.3 is 10.5 Å². The molecule has 3 heteroatoms. The Labute approximate surface area is 112 Å². The highest BCUT2D eigenvalue weighted by Crippen LogP contribution is 2.19. The van der Waals surface area contributed by atoms with Crippen molar-refractivity contribution in [1.29, 1.82) is 0 Å². The maximum absolute atomic E-state index is 5.74. The molecule has 0 saturated heterocycles. The first-order valence-corrected chi connectivity index (χ1v) is 7.09. The Hall–Kier alpha value is -1.45. The molecule has 2 aromatic carbocycles. The third kappa shape index (κ3) is 3.52. The Kier molecular flexibility index (Phi) is 4.67. The van der Waals surface area contributed by atoms with E-state index in [2.05, 4.69) is 30.5 Å². The topological polar surface area (TPSA) is 35.2 Å². The van der Waals surface area contributed by atoms with Gasteiger partial charge in [0.05, 0.1) is 0 Å². The predicted molar refractivity (Wildman–Crippen MR) is 76.9 cm³/mol. The van der Waals surface area contributed by atoms with Crippen molar-refractivity contribution in [3.8, 4) is 5.75 Å². The second-order valence-electron chi connectivity index (χ2n) is 3.99. The molecule has 18 heavy (non-hydrogen) atoms. The maximum Gasteiger partial charge on any atom is 0.119 e. The molecule has 0 bridgehead atoms. The quantitative estimate of drug-likeness (QED) is 0.835. The lowest BCUT2D eigenvalue weighted by molar-refractivity contribution is 0.306. The van der Waals surface area contributed by atoms with E-state index in [1.807, 2.05) is 24.3 Å². The van der Waals surface area contributed by atoms with Crippen LogP contribution in [0.5, 0.6) is 5.75 Å². The summed E-state index contributed by atoms with van der Waals surface area (Å²) in [4.78, 5) is 1.24. The number of rotatable bonds is 5. The van der Waals surface area contributed by atoms with Gasteiger partial charge in [-0.2, -0.15) is 0 Å². The zero-order valence-corrected chi connectivity index (χ0v) is 11.2. The van der Waals surface area contributed by atoms with E-state index in [4.69, 9.17) is 10.5 Å². The summed E-state index contributed by atoms with van der Waals surface area (Å²) in [5.41, 5.74) is 7.89. The molecular weight excluding hydrogens is 242 g/mol. The average molecular weight is 259 g/mol. The molecule has 2 N–H and O–H groups in total. The number of hydrogen-bond acceptors (Lipinski definition) is 3. The van der Waals surface area contributed by atoms with Crippen LogP contribution in [0.4, 0.5) is 0 Å². The van der Waals surface area contributed by atoms with Crippen molar-refractivity contribution in [2.75, 3.05) is 6.26 Å². The molecule has 0 saturated carbocycles. The molecule has 2 aromatic rings. The number of ether oxygens (including phenoxy) is 1. The smallest absolute Gasteiger partial charge is 0.119 e. The third-order valence-electron chi connectivity index (χ3n) is 2.69. The van der Waals surface area contributed by atoms with Gasteiger partial charge in [0, 0.05) is 11.4 Å². The van der Waals surface area contributed by atoms with Crippen LogP contribution in [0.3, 0.4) is 0 Å². The van der Waals surface area contributed by atoms with Crippen LogP contribution in [-0.4, -0.2) is 6.26 Å². The van der Waals surface area contributed by atoms with E-state index in [0.717, 1.165) is 16.9 Å². The third-order valence-corrected chi connectivity index (χ3v) is 3.44. The van der Waals surface area contributed by atoms with Crippen molar-refractivity contribution in [2.24, 2.45) is 5.73 Å². The van der Waals surface area contributed by atoms with Crippen LogP contribution >= 0.6 is 11.8 Å². The van der Waals surface area contributed by atoms with Crippen LogP contribution in [0.2, 0.25) is 0 Å². The Morgan fingerprint density at radius 2 is 1.78 bits per heavy atom. The molecule has 2 rings (SSSR count). The Bertz CT molecular complexity index is 496. The average Bonchev–Trinajstić information content (AvgIpc) is 2.46. The molecule has 0 fully saturated rings. The molecule has 94 valence electrons. The first kappa shape index (κ1) is 13.0. The molecule has 0 amide bonds. The first-order valence-electron chi connectivity index (χ1n) is 5.86. The van der Waals surface area contributed by atoms with Crippen LogP contribution in [0.1, 0.15) is 11.1 Å². The van der Waals surface area contributed by atoms with Gasteiger partial charge in [0.2, 0.25) is 0 Å². The summed E-state index contributed by atoms with van der Waals surface area (Å²) in [5.74, 6) is 0.894. The minimum Gasteiger partial charge on any atom is -0.489 e. The van der Waals surface area contributed by atoms with Gasteiger partial charge in [0.15, 0.2) is 0 Å². The highest BCUT2D eigenvalue weighted by Gasteiger charge is 1.98. The fourth-order valence-corrected chi connectivity index (χ4v) is 2.09. The highest BCUT2D eigenvalue weighted by molar-refractivity contribution is 7.98. The lowest BCUT2D eigenvalue weighted by Crippen LogP contribution is -1.99. The van der Waals surface area contributed by atoms with Gasteiger partial charge >= 0.3 is 0 Å². The van der Waals surface area contributed by atoms with Crippen molar-refractivity contribution in [1.82, 2.24) is 0 Å². The van der Waals surface area contributed by atoms with Crippen LogP contribution in [0.25, 0.3) is 0 Å². The second kappa shape index (κ2) is 6.47. The zero-order chi connectivity index (χ0) is 12.8. The van der Waals surface area contributed by atoms with Crippen LogP contribution in [0.15, 0.2) is 53.4 Å². The van der Waals surface area contributed by atoms with Crippen molar-refractivity contribution in [3.05, 3.63) is 59.7 Å². The molecule has 2 nitrogen and oxygen atoms in total. The molecular formula is C15H17NOS. The van der Waals surface area contributed by atoms with Gasteiger partial charge in [-0.1, -0.05) is 24.3 Å². The molecule has 0 aliphatic carbocycles. The van der Waals surface area contributed by atoms with Gasteiger partial charge in [0.25, 0.3) is 0 Å². The van der Waals surface area contributed by atoms with Crippen molar-refractivity contribution in [3.63, 3.8) is 0 Å². The van der Waals surface area contributed by atoms with E-state index in [1.165, 1.54) is 4.90 Å². The van der Waals surface area contributed by atoms with Gasteiger partial charge in [-0.3, -0.25) is 0 Å². The summed E-state index contributed by atoms with van der Waals surface area (Å²) in [5, 5.41) is 0. The standard InChI is InChI=1S/C15H17NOS/c1-18-15-7-5-14(6-8-15)17-11-13-4-2-3-12(9-13)10-16/h2-9H,10-11,16H2,1H3. The minimum atomic E-state index is 0.566. The van der Waals surface area contributed by atoms with E-state index >= 15 is 0 Å². The number of hydrogen-bond donors (Lipinski definition) is 1. The molecule has 0 aliphatic heterocycles. The van der Waals surface area contributed by atoms with Crippen molar-refractivity contribution >= 4 is 11.8 Å². The number of nitrogens with two attached hydrogens (primary N) is 1. The Morgan fingerprint density at radius 3 is 2.44 bits per heavy atom. The summed E-state index contributed by atoms with van der Waals surface area (Å²) in [6.07, 6.45) is 2.06. The van der Waals surface area contributed by atoms with E-state index in [1.54, 1.807) is 11.8 Å². The number of benzene rings is 2. The van der Waals surface area contributed by atoms with Gasteiger partial charge in [0.1, 0.15) is 12.4 Å². The lowest BCUT2D eigenvalue weighted by atomic mass is 10.1. The minimum absolute atomic E-state index is 0.566. The predicted octanol–water partition coefficient (Wildman–Crippen LogP) is 3.45. The lowest BCUT2D eigenvalue weighted by Gasteiger charge is -2.07. The molecule has 0 radical (unpaired) electrons. The van der Waals surface area contributed by atoms with Gasteiger partial charge in [-0.25, -0.2) is 0 Å². The maximum atomic E-state index is 5.74. The van der Waals surface area contributed by atoms with Crippen LogP contribution in [0, 0.1) is 0 Å². The van der Waals surface area contributed by atoms with E-state index < -0.39 is 0 Å². The number of thioether (sulfide) groups is 1. The largest absolute Gasteiger partial charge is 0.489 e. The fourth-order valence-electron chi connectivity index (χ4n) is 1.69. The first-order chi connectivity index (χ1) is 8.81. The monoisotopic (exact) mass is 259 g/mol. The molecule has 0 spiro atoms. The summed E-state index contributed by atoms with van der Waals surface area (Å²) >= 11 is 1.73. The van der Waals surface area contributed by atoms with Gasteiger partial charge in [-0.05, 0) is 41.6 Å². The molecule has 0 aliphatic rings. The fraction of sp³-hybridized carbons (Fsp3) is 0.200. The van der Waals surface area contributed by atoms with E-state index in [-0.39, 0.29) is 0 Å². The Balaban J connectivity index is 1.97. The second-order valence-corrected chi connectivity index (χ2v) is 4.87. The normalized spacial score (nSPS) is 10.3. The van der Waals surface area contributed by atoms with Gasteiger partial charge in [-0.15, -0.1) is 11.8 Å². The van der Waals surface area contributed by atoms with Crippen molar-refractivity contribution < 1.29 is 4.74 Å². The van der Waals surface area contributed by atoms with Crippen LogP contribution < -0.4 is 10.5 Å². The summed E-state index contributed by atoms with van der Waals surface area (Å²) in [7, 11) is 0. The van der Waals surface area contributed by atoms with Crippen molar-refractivity contribution in [2.45, 2.75) is 18.0 Å². The van der Waals surface area contributed by atoms with E-state index in [0.29, 0.717) is 13.2 Å². The summed E-state index contributed by atoms with van der Waals surface area (Å²) in [6.45, 7) is 1.14. The highest BCUT2D eigenvalue weighted by atomic mass is 32.2. The molecule has 0 heterocycles.